The molecule has 2 nitrogen and oxygen atoms in total. The molecule has 1 aliphatic carbocycles. The predicted molar refractivity (Wildman–Crippen MR) is 66.6 cm³/mol. The van der Waals surface area contributed by atoms with Gasteiger partial charge in [-0.15, -0.1) is 0 Å². The molecule has 1 fully saturated rings. The fraction of sp³-hybridized carbons (Fsp3) is 0.462. The third kappa shape index (κ3) is 2.62. The van der Waals surface area contributed by atoms with Gasteiger partial charge in [0.05, 0.1) is 5.54 Å². The average molecular weight is 269 g/mol. The first-order valence-corrected chi connectivity index (χ1v) is 6.69. The Labute approximate surface area is 108 Å². The van der Waals surface area contributed by atoms with Crippen molar-refractivity contribution in [3.8, 4) is 0 Å². The van der Waals surface area contributed by atoms with Crippen molar-refractivity contribution >= 4 is 17.8 Å². The van der Waals surface area contributed by atoms with Crippen LogP contribution in [0.25, 0.3) is 0 Å². The minimum Gasteiger partial charge on any atom is -0.211 e. The smallest absolute Gasteiger partial charge is 0.211 e. The van der Waals surface area contributed by atoms with Crippen molar-refractivity contribution in [2.45, 2.75) is 41.9 Å². The van der Waals surface area contributed by atoms with Gasteiger partial charge in [0, 0.05) is 4.90 Å². The molecule has 0 bridgehead atoms. The Hall–Kier alpha value is -1.19. The number of benzene rings is 1. The third-order valence-electron chi connectivity index (χ3n) is 3.29. The number of alkyl halides is 2. The van der Waals surface area contributed by atoms with E-state index in [9.17, 15) is 13.6 Å². The highest BCUT2D eigenvalue weighted by Gasteiger charge is 2.37. The van der Waals surface area contributed by atoms with Gasteiger partial charge in [0.2, 0.25) is 6.08 Å². The highest BCUT2D eigenvalue weighted by atomic mass is 32.2. The van der Waals surface area contributed by atoms with Crippen molar-refractivity contribution in [1.29, 1.82) is 0 Å². The molecule has 0 radical (unpaired) electrons. The number of rotatable bonds is 4. The van der Waals surface area contributed by atoms with E-state index in [2.05, 4.69) is 4.99 Å². The van der Waals surface area contributed by atoms with Crippen LogP contribution < -0.4 is 0 Å². The number of hydrogen-bond donors (Lipinski definition) is 0. The topological polar surface area (TPSA) is 29.4 Å². The Bertz CT molecular complexity index is 466. The number of carbonyl (C=O) groups excluding carboxylic acids is 1. The second kappa shape index (κ2) is 5.63. The van der Waals surface area contributed by atoms with Crippen molar-refractivity contribution in [3.63, 3.8) is 0 Å². The first kappa shape index (κ1) is 13.2. The van der Waals surface area contributed by atoms with E-state index in [-0.39, 0.29) is 0 Å². The lowest BCUT2D eigenvalue weighted by molar-refractivity contribution is 0.252. The van der Waals surface area contributed by atoms with E-state index in [1.807, 2.05) is 0 Å². The molecule has 0 amide bonds. The van der Waals surface area contributed by atoms with Gasteiger partial charge in [-0.05, 0) is 24.5 Å². The molecule has 0 spiro atoms. The number of halogens is 2. The van der Waals surface area contributed by atoms with Gasteiger partial charge in [-0.3, -0.25) is 0 Å². The van der Waals surface area contributed by atoms with Crippen LogP contribution in [0.2, 0.25) is 0 Å². The number of aliphatic imine (C=N–C) groups is 1. The van der Waals surface area contributed by atoms with E-state index in [0.29, 0.717) is 16.7 Å². The SMILES string of the molecule is O=C=NC1(c2ccccc2SC(F)F)CCCC1. The number of hydrogen-bond acceptors (Lipinski definition) is 3. The molecule has 18 heavy (non-hydrogen) atoms. The first-order valence-electron chi connectivity index (χ1n) is 5.81. The lowest BCUT2D eigenvalue weighted by atomic mass is 9.89. The zero-order valence-electron chi connectivity index (χ0n) is 9.73. The van der Waals surface area contributed by atoms with Crippen LogP contribution in [-0.4, -0.2) is 11.8 Å². The Kier molecular flexibility index (Phi) is 4.15. The monoisotopic (exact) mass is 269 g/mol. The first-order chi connectivity index (χ1) is 8.68. The molecule has 0 atom stereocenters. The van der Waals surface area contributed by atoms with E-state index in [1.54, 1.807) is 30.3 Å². The van der Waals surface area contributed by atoms with E-state index < -0.39 is 11.3 Å². The summed E-state index contributed by atoms with van der Waals surface area (Å²) in [6.07, 6.45) is 4.97. The van der Waals surface area contributed by atoms with Crippen LogP contribution in [0, 0.1) is 0 Å². The van der Waals surface area contributed by atoms with Gasteiger partial charge in [0.25, 0.3) is 5.76 Å². The summed E-state index contributed by atoms with van der Waals surface area (Å²) in [4.78, 5) is 15.1. The summed E-state index contributed by atoms with van der Waals surface area (Å²) in [5.41, 5.74) is 0.0939. The van der Waals surface area contributed by atoms with Crippen molar-refractivity contribution in [2.75, 3.05) is 0 Å². The fourth-order valence-electron chi connectivity index (χ4n) is 2.54. The maximum absolute atomic E-state index is 12.6. The van der Waals surface area contributed by atoms with Gasteiger partial charge >= 0.3 is 0 Å². The minimum absolute atomic E-state index is 0.508. The molecule has 0 heterocycles. The third-order valence-corrected chi connectivity index (χ3v) is 4.08. The lowest BCUT2D eigenvalue weighted by Crippen LogP contribution is -2.20. The van der Waals surface area contributed by atoms with Crippen molar-refractivity contribution < 1.29 is 13.6 Å². The van der Waals surface area contributed by atoms with Gasteiger partial charge in [0.15, 0.2) is 0 Å². The van der Waals surface area contributed by atoms with Crippen LogP contribution >= 0.6 is 11.8 Å². The van der Waals surface area contributed by atoms with Gasteiger partial charge < -0.3 is 0 Å². The fourth-order valence-corrected chi connectivity index (χ4v) is 3.27. The zero-order chi connectivity index (χ0) is 13.0. The zero-order valence-corrected chi connectivity index (χ0v) is 10.6. The van der Waals surface area contributed by atoms with Crippen LogP contribution in [-0.2, 0) is 10.3 Å². The molecule has 0 unspecified atom stereocenters. The minimum atomic E-state index is -2.47. The summed E-state index contributed by atoms with van der Waals surface area (Å²) in [7, 11) is 0. The molecule has 2 rings (SSSR count). The van der Waals surface area contributed by atoms with Crippen LogP contribution in [0.5, 0.6) is 0 Å². The molecule has 1 aromatic rings. The van der Waals surface area contributed by atoms with Gasteiger partial charge in [-0.25, -0.2) is 4.79 Å². The summed E-state index contributed by atoms with van der Waals surface area (Å²) in [6.45, 7) is 0. The summed E-state index contributed by atoms with van der Waals surface area (Å²) < 4.78 is 25.1. The molecular weight excluding hydrogens is 256 g/mol. The van der Waals surface area contributed by atoms with E-state index in [4.69, 9.17) is 0 Å². The Morgan fingerprint density at radius 2 is 1.94 bits per heavy atom. The second-order valence-corrected chi connectivity index (χ2v) is 5.35. The molecule has 5 heteroatoms. The summed E-state index contributed by atoms with van der Waals surface area (Å²) in [5.74, 6) is -2.47. The molecule has 0 aliphatic heterocycles. The highest BCUT2D eigenvalue weighted by molar-refractivity contribution is 7.99. The van der Waals surface area contributed by atoms with E-state index >= 15 is 0 Å². The van der Waals surface area contributed by atoms with Crippen LogP contribution in [0.4, 0.5) is 8.78 Å². The molecule has 0 aromatic heterocycles. The number of thioether (sulfide) groups is 1. The average Bonchev–Trinajstić information content (AvgIpc) is 2.79. The van der Waals surface area contributed by atoms with Gasteiger partial charge in [-0.1, -0.05) is 42.8 Å². The molecule has 96 valence electrons. The molecule has 1 saturated carbocycles. The van der Waals surface area contributed by atoms with Gasteiger partial charge in [-0.2, -0.15) is 13.8 Å². The van der Waals surface area contributed by atoms with E-state index in [0.717, 1.165) is 31.2 Å². The lowest BCUT2D eigenvalue weighted by Gasteiger charge is -2.25. The maximum Gasteiger partial charge on any atom is 0.288 e. The molecule has 0 saturated heterocycles. The Balaban J connectivity index is 2.44. The molecule has 0 N–H and O–H groups in total. The van der Waals surface area contributed by atoms with Crippen molar-refractivity contribution in [2.24, 2.45) is 4.99 Å². The summed E-state index contributed by atoms with van der Waals surface area (Å²) in [5, 5.41) is 0. The predicted octanol–water partition coefficient (Wildman–Crippen LogP) is 4.11. The normalized spacial score (nSPS) is 17.7. The maximum atomic E-state index is 12.6. The van der Waals surface area contributed by atoms with Crippen LogP contribution in [0.15, 0.2) is 34.2 Å². The summed E-state index contributed by atoms with van der Waals surface area (Å²) >= 11 is 0.513. The quantitative estimate of drug-likeness (QED) is 0.468. The standard InChI is InChI=1S/C13H13F2NOS/c14-12(15)18-11-6-2-1-5-10(11)13(16-9-17)7-3-4-8-13/h1-2,5-6,12H,3-4,7-8H2. The highest BCUT2D eigenvalue weighted by Crippen LogP contribution is 2.46. The van der Waals surface area contributed by atoms with Crippen LogP contribution in [0.3, 0.4) is 0 Å². The van der Waals surface area contributed by atoms with E-state index in [1.165, 1.54) is 0 Å². The van der Waals surface area contributed by atoms with Gasteiger partial charge in [0.1, 0.15) is 0 Å². The van der Waals surface area contributed by atoms with Crippen molar-refractivity contribution in [3.05, 3.63) is 29.8 Å². The largest absolute Gasteiger partial charge is 0.288 e. The molecular formula is C13H13F2NOS. The molecule has 1 aliphatic rings. The molecule has 1 aromatic carbocycles. The Morgan fingerprint density at radius 3 is 2.56 bits per heavy atom. The van der Waals surface area contributed by atoms with Crippen molar-refractivity contribution in [1.82, 2.24) is 0 Å². The van der Waals surface area contributed by atoms with Crippen LogP contribution in [0.1, 0.15) is 31.2 Å². The number of nitrogens with zero attached hydrogens (tertiary/aromatic N) is 1. The Morgan fingerprint density at radius 1 is 1.28 bits per heavy atom. The summed E-state index contributed by atoms with van der Waals surface area (Å²) in [6, 6.07) is 6.97. The second-order valence-electron chi connectivity index (χ2n) is 4.32. The number of isocyanates is 1.